The fourth-order valence-corrected chi connectivity index (χ4v) is 3.08. The van der Waals surface area contributed by atoms with Crippen molar-refractivity contribution >= 4 is 17.5 Å². The average molecular weight is 421 g/mol. The Morgan fingerprint density at radius 2 is 2.10 bits per heavy atom. The number of hydrogen-bond acceptors (Lipinski definition) is 6. The van der Waals surface area contributed by atoms with Crippen LogP contribution in [0.25, 0.3) is 4.85 Å². The zero-order chi connectivity index (χ0) is 22.1. The van der Waals surface area contributed by atoms with Gasteiger partial charge < -0.3 is 10.5 Å². The van der Waals surface area contributed by atoms with Gasteiger partial charge >= 0.3 is 6.18 Å². The summed E-state index contributed by atoms with van der Waals surface area (Å²) in [5, 5.41) is 0. The maximum absolute atomic E-state index is 14.4. The number of amidine groups is 1. The van der Waals surface area contributed by atoms with Gasteiger partial charge in [-0.05, 0) is 24.6 Å². The summed E-state index contributed by atoms with van der Waals surface area (Å²) in [4.78, 5) is 26.9. The summed E-state index contributed by atoms with van der Waals surface area (Å²) in [7, 11) is 0. The summed E-state index contributed by atoms with van der Waals surface area (Å²) in [6, 6.07) is 3.34. The van der Waals surface area contributed by atoms with Crippen molar-refractivity contribution in [1.29, 1.82) is 0 Å². The summed E-state index contributed by atoms with van der Waals surface area (Å²) < 4.78 is 58.4. The molecule has 1 aliphatic heterocycles. The van der Waals surface area contributed by atoms with Gasteiger partial charge in [-0.3, -0.25) is 9.78 Å². The Morgan fingerprint density at radius 3 is 2.70 bits per heavy atom. The average Bonchev–Trinajstić information content (AvgIpc) is 2.68. The third-order valence-electron chi connectivity index (χ3n) is 4.57. The molecule has 0 spiro atoms. The molecule has 3 heterocycles. The van der Waals surface area contributed by atoms with Crippen molar-refractivity contribution in [3.63, 3.8) is 0 Å². The van der Waals surface area contributed by atoms with Gasteiger partial charge in [0.05, 0.1) is 12.1 Å². The maximum Gasteiger partial charge on any atom is 0.425 e. The predicted molar refractivity (Wildman–Crippen MR) is 97.2 cm³/mol. The lowest BCUT2D eigenvalue weighted by Gasteiger charge is -2.35. The van der Waals surface area contributed by atoms with E-state index in [9.17, 15) is 22.4 Å². The third-order valence-corrected chi connectivity index (χ3v) is 4.57. The van der Waals surface area contributed by atoms with E-state index in [-0.39, 0.29) is 28.9 Å². The van der Waals surface area contributed by atoms with E-state index in [1.54, 1.807) is 0 Å². The number of Topliss-reactive ketones (excluding diaryl/α,β-unsaturated/α-hetero) is 1. The van der Waals surface area contributed by atoms with E-state index in [1.807, 2.05) is 0 Å². The fraction of sp³-hybridized carbons (Fsp3) is 0.316. The Kier molecular flexibility index (Phi) is 5.43. The molecule has 0 saturated heterocycles. The third kappa shape index (κ3) is 4.37. The molecule has 0 saturated carbocycles. The highest BCUT2D eigenvalue weighted by molar-refractivity contribution is 5.95. The van der Waals surface area contributed by atoms with Crippen molar-refractivity contribution in [2.24, 2.45) is 10.7 Å². The molecule has 0 unspecified atom stereocenters. The summed E-state index contributed by atoms with van der Waals surface area (Å²) in [6.45, 7) is 8.17. The molecule has 1 aliphatic rings. The second kappa shape index (κ2) is 7.70. The summed E-state index contributed by atoms with van der Waals surface area (Å²) in [5.74, 6) is -1.45. The van der Waals surface area contributed by atoms with Gasteiger partial charge in [0.1, 0.15) is 5.69 Å². The number of ether oxygens (including phenoxy) is 1. The number of pyridine rings is 2. The highest BCUT2D eigenvalue weighted by Crippen LogP contribution is 2.40. The van der Waals surface area contributed by atoms with Crippen molar-refractivity contribution < 1.29 is 27.1 Å². The molecule has 3 rings (SSSR count). The quantitative estimate of drug-likeness (QED) is 0.353. The van der Waals surface area contributed by atoms with E-state index in [0.29, 0.717) is 0 Å². The molecular formula is C19H15F4N5O2. The van der Waals surface area contributed by atoms with Gasteiger partial charge in [0.25, 0.3) is 6.02 Å². The summed E-state index contributed by atoms with van der Waals surface area (Å²) >= 11 is 0. The van der Waals surface area contributed by atoms with Crippen LogP contribution in [0, 0.1) is 12.5 Å². The van der Waals surface area contributed by atoms with Gasteiger partial charge in [-0.25, -0.2) is 14.8 Å². The molecule has 2 atom stereocenters. The first-order valence-electron chi connectivity index (χ1n) is 8.62. The Balaban J connectivity index is 1.90. The van der Waals surface area contributed by atoms with Crippen LogP contribution in [0.15, 0.2) is 35.6 Å². The topological polar surface area (TPSA) is 94.8 Å². The van der Waals surface area contributed by atoms with Crippen LogP contribution >= 0.6 is 0 Å². The molecule has 0 aromatic carbocycles. The molecule has 0 fully saturated rings. The van der Waals surface area contributed by atoms with Crippen LogP contribution in [0.3, 0.4) is 0 Å². The van der Waals surface area contributed by atoms with Gasteiger partial charge in [0, 0.05) is 30.8 Å². The second-order valence-electron chi connectivity index (χ2n) is 6.87. The van der Waals surface area contributed by atoms with Crippen LogP contribution < -0.4 is 5.73 Å². The number of nitrogens with zero attached hydrogens (tertiary/aromatic N) is 4. The van der Waals surface area contributed by atoms with Gasteiger partial charge in [0.15, 0.2) is 11.9 Å². The molecular weight excluding hydrogens is 406 g/mol. The number of nitrogens with two attached hydrogens (primary N) is 1. The van der Waals surface area contributed by atoms with Crippen LogP contribution in [0.1, 0.15) is 35.0 Å². The molecule has 0 radical (unpaired) electrons. The number of carbonyl (C=O) groups is 1. The van der Waals surface area contributed by atoms with Gasteiger partial charge in [0.2, 0.25) is 11.6 Å². The Morgan fingerprint density at radius 1 is 1.37 bits per heavy atom. The lowest BCUT2D eigenvalue weighted by Crippen LogP contribution is -2.46. The van der Waals surface area contributed by atoms with Crippen LogP contribution in [0.2, 0.25) is 0 Å². The molecule has 0 bridgehead atoms. The van der Waals surface area contributed by atoms with Crippen molar-refractivity contribution in [1.82, 2.24) is 9.97 Å². The first-order valence-corrected chi connectivity index (χ1v) is 8.62. The molecule has 0 amide bonds. The van der Waals surface area contributed by atoms with E-state index in [2.05, 4.69) is 24.5 Å². The van der Waals surface area contributed by atoms with Crippen molar-refractivity contribution in [3.8, 4) is 0 Å². The smallest absolute Gasteiger partial charge is 0.425 e. The number of ketones is 1. The van der Waals surface area contributed by atoms with Crippen LogP contribution in [0.4, 0.5) is 23.2 Å². The number of hydrogen-bond donors (Lipinski definition) is 1. The Bertz CT molecular complexity index is 1050. The van der Waals surface area contributed by atoms with Gasteiger partial charge in [-0.2, -0.15) is 17.6 Å². The molecule has 156 valence electrons. The van der Waals surface area contributed by atoms with E-state index >= 15 is 0 Å². The summed E-state index contributed by atoms with van der Waals surface area (Å²) in [5.41, 5.74) is 4.10. The lowest BCUT2D eigenvalue weighted by molar-refractivity contribution is -0.208. The molecule has 2 aromatic rings. The molecule has 0 aliphatic carbocycles. The Labute approximate surface area is 168 Å². The molecule has 2 N–H and O–H groups in total. The maximum atomic E-state index is 14.4. The van der Waals surface area contributed by atoms with E-state index in [1.165, 1.54) is 31.3 Å². The van der Waals surface area contributed by atoms with E-state index < -0.39 is 42.0 Å². The number of carbonyl (C=O) groups excluding carboxylic acids is 1. The van der Waals surface area contributed by atoms with E-state index in [0.717, 1.165) is 6.20 Å². The van der Waals surface area contributed by atoms with Gasteiger partial charge in [-0.1, -0.05) is 6.07 Å². The predicted octanol–water partition coefficient (Wildman–Crippen LogP) is 3.47. The molecule has 30 heavy (non-hydrogen) atoms. The van der Waals surface area contributed by atoms with E-state index in [4.69, 9.17) is 12.3 Å². The first-order chi connectivity index (χ1) is 14.0. The Hall–Kier alpha value is -3.55. The number of rotatable bonds is 4. The SMILES string of the molecule is [C-]#[N+]c1ccc(C(=O)Cc2cnc(F)c([C@]3(C)C[C@@H](C(F)(F)F)OC(N)=N3)c2)nc1. The zero-order valence-corrected chi connectivity index (χ0v) is 15.6. The lowest BCUT2D eigenvalue weighted by atomic mass is 9.85. The molecule has 7 nitrogen and oxygen atoms in total. The number of aliphatic imine (C=N–C) groups is 1. The van der Waals surface area contributed by atoms with Crippen LogP contribution in [-0.4, -0.2) is 34.1 Å². The first kappa shape index (κ1) is 21.2. The standard InChI is InChI=1S/C19H15F4N5O2/c1-18(7-15(19(21,22)23)30-17(24)28-18)12-5-10(8-27-16(12)20)6-14(29)13-4-3-11(25-2)9-26-13/h3-5,8-9,15H,6-7H2,1H3,(H2,24,28)/t15-,18-/m0/s1. The van der Waals surface area contributed by atoms with Crippen LogP contribution in [-0.2, 0) is 16.7 Å². The highest BCUT2D eigenvalue weighted by atomic mass is 19.4. The number of halogens is 4. The molecule has 2 aromatic heterocycles. The summed E-state index contributed by atoms with van der Waals surface area (Å²) in [6.07, 6.45) is -5.54. The van der Waals surface area contributed by atoms with Crippen molar-refractivity contribution in [2.45, 2.75) is 37.6 Å². The normalized spacial score (nSPS) is 21.3. The fourth-order valence-electron chi connectivity index (χ4n) is 3.08. The monoisotopic (exact) mass is 421 g/mol. The minimum Gasteiger partial charge on any atom is -0.452 e. The van der Waals surface area contributed by atoms with Gasteiger partial charge in [-0.15, -0.1) is 0 Å². The number of aromatic nitrogens is 2. The minimum atomic E-state index is -4.72. The zero-order valence-electron chi connectivity index (χ0n) is 15.6. The van der Waals surface area contributed by atoms with Crippen molar-refractivity contribution in [3.05, 3.63) is 64.8 Å². The van der Waals surface area contributed by atoms with Crippen LogP contribution in [0.5, 0.6) is 0 Å². The molecule has 11 heteroatoms. The van der Waals surface area contributed by atoms with Crippen molar-refractivity contribution in [2.75, 3.05) is 0 Å². The highest BCUT2D eigenvalue weighted by Gasteiger charge is 2.50. The second-order valence-corrected chi connectivity index (χ2v) is 6.87. The number of alkyl halides is 3. The minimum absolute atomic E-state index is 0.0879. The largest absolute Gasteiger partial charge is 0.452 e.